The first-order valence-corrected chi connectivity index (χ1v) is 6.22. The van der Waals surface area contributed by atoms with E-state index in [0.717, 1.165) is 40.7 Å². The Kier molecular flexibility index (Phi) is 3.29. The van der Waals surface area contributed by atoms with Gasteiger partial charge in [-0.1, -0.05) is 25.5 Å². The molecular weight excluding hydrogens is 218 g/mol. The van der Waals surface area contributed by atoms with Crippen LogP contribution in [0, 0.1) is 12.3 Å². The fraction of sp³-hybridized carbons (Fsp3) is 0.417. The standard InChI is InChI=1S/C12H15N3S/c1-3-4-10(13)7-9-6-5-8(2)11-12(9)15-16-14-11/h5-6,13H,3-4,7H2,1-2H3. The van der Waals surface area contributed by atoms with E-state index in [2.05, 4.69) is 27.8 Å². The van der Waals surface area contributed by atoms with Gasteiger partial charge in [-0.2, -0.15) is 8.75 Å². The molecule has 1 N–H and O–H groups in total. The van der Waals surface area contributed by atoms with Crippen LogP contribution >= 0.6 is 11.7 Å². The Balaban J connectivity index is 2.34. The summed E-state index contributed by atoms with van der Waals surface area (Å²) >= 11 is 1.25. The molecule has 1 aromatic carbocycles. The smallest absolute Gasteiger partial charge is 0.108 e. The third-order valence-corrected chi connectivity index (χ3v) is 3.18. The Morgan fingerprint density at radius 2 is 2.06 bits per heavy atom. The average Bonchev–Trinajstić information content (AvgIpc) is 2.72. The van der Waals surface area contributed by atoms with Crippen LogP contribution < -0.4 is 0 Å². The van der Waals surface area contributed by atoms with Crippen LogP contribution in [0.1, 0.15) is 30.9 Å². The van der Waals surface area contributed by atoms with Gasteiger partial charge in [-0.25, -0.2) is 0 Å². The molecule has 0 spiro atoms. The van der Waals surface area contributed by atoms with Gasteiger partial charge < -0.3 is 5.41 Å². The van der Waals surface area contributed by atoms with E-state index in [1.807, 2.05) is 6.92 Å². The van der Waals surface area contributed by atoms with Gasteiger partial charge in [0.15, 0.2) is 0 Å². The first-order valence-electron chi connectivity index (χ1n) is 5.49. The maximum Gasteiger partial charge on any atom is 0.108 e. The van der Waals surface area contributed by atoms with Crippen molar-refractivity contribution in [1.29, 1.82) is 5.41 Å². The molecule has 84 valence electrons. The zero-order valence-electron chi connectivity index (χ0n) is 9.58. The molecule has 0 radical (unpaired) electrons. The van der Waals surface area contributed by atoms with E-state index in [1.165, 1.54) is 11.7 Å². The lowest BCUT2D eigenvalue weighted by molar-refractivity contribution is 0.965. The fourth-order valence-electron chi connectivity index (χ4n) is 1.80. The quantitative estimate of drug-likeness (QED) is 0.823. The number of nitrogens with one attached hydrogen (secondary N) is 1. The number of nitrogens with zero attached hydrogens (tertiary/aromatic N) is 2. The molecule has 0 amide bonds. The van der Waals surface area contributed by atoms with Gasteiger partial charge in [0.2, 0.25) is 0 Å². The van der Waals surface area contributed by atoms with Crippen LogP contribution in [0.4, 0.5) is 0 Å². The van der Waals surface area contributed by atoms with Gasteiger partial charge in [-0.15, -0.1) is 0 Å². The lowest BCUT2D eigenvalue weighted by atomic mass is 10.0. The Bertz CT molecular complexity index is 516. The van der Waals surface area contributed by atoms with Gasteiger partial charge in [0.05, 0.1) is 11.7 Å². The van der Waals surface area contributed by atoms with E-state index in [9.17, 15) is 0 Å². The third-order valence-electron chi connectivity index (χ3n) is 2.66. The maximum absolute atomic E-state index is 7.86. The first-order chi connectivity index (χ1) is 7.72. The summed E-state index contributed by atoms with van der Waals surface area (Å²) in [6, 6.07) is 4.14. The SMILES string of the molecule is CCCC(=N)Cc1ccc(C)c2nsnc12. The molecule has 0 unspecified atom stereocenters. The van der Waals surface area contributed by atoms with Crippen LogP contribution in [-0.2, 0) is 6.42 Å². The predicted molar refractivity (Wildman–Crippen MR) is 68.5 cm³/mol. The molecule has 0 atom stereocenters. The van der Waals surface area contributed by atoms with Crippen molar-refractivity contribution < 1.29 is 0 Å². The average molecular weight is 233 g/mol. The summed E-state index contributed by atoms with van der Waals surface area (Å²) in [6.07, 6.45) is 2.60. The van der Waals surface area contributed by atoms with Crippen LogP contribution in [0.15, 0.2) is 12.1 Å². The van der Waals surface area contributed by atoms with Crippen LogP contribution in [-0.4, -0.2) is 14.5 Å². The molecule has 0 fully saturated rings. The number of fused-ring (bicyclic) bond motifs is 1. The van der Waals surface area contributed by atoms with Crippen LogP contribution in [0.3, 0.4) is 0 Å². The first kappa shape index (κ1) is 11.2. The summed E-state index contributed by atoms with van der Waals surface area (Å²) in [7, 11) is 0. The lowest BCUT2D eigenvalue weighted by Crippen LogP contribution is -2.01. The number of hydrogen-bond acceptors (Lipinski definition) is 4. The number of hydrogen-bond donors (Lipinski definition) is 1. The fourth-order valence-corrected chi connectivity index (χ4v) is 2.44. The molecule has 16 heavy (non-hydrogen) atoms. The predicted octanol–water partition coefficient (Wildman–Crippen LogP) is 3.36. The molecule has 0 aliphatic rings. The number of aromatic nitrogens is 2. The van der Waals surface area contributed by atoms with Crippen molar-refractivity contribution in [3.63, 3.8) is 0 Å². The van der Waals surface area contributed by atoms with Crippen LogP contribution in [0.5, 0.6) is 0 Å². The van der Waals surface area contributed by atoms with E-state index < -0.39 is 0 Å². The van der Waals surface area contributed by atoms with Gasteiger partial charge in [0.25, 0.3) is 0 Å². The van der Waals surface area contributed by atoms with E-state index >= 15 is 0 Å². The van der Waals surface area contributed by atoms with Gasteiger partial charge in [-0.05, 0) is 24.5 Å². The highest BCUT2D eigenvalue weighted by atomic mass is 32.1. The molecular formula is C12H15N3S. The maximum atomic E-state index is 7.86. The molecule has 1 heterocycles. The van der Waals surface area contributed by atoms with Crippen molar-refractivity contribution in [3.8, 4) is 0 Å². The Hall–Kier alpha value is -1.29. The molecule has 1 aromatic heterocycles. The second-order valence-electron chi connectivity index (χ2n) is 4.03. The summed E-state index contributed by atoms with van der Waals surface area (Å²) in [5.74, 6) is 0. The molecule has 3 nitrogen and oxygen atoms in total. The summed E-state index contributed by atoms with van der Waals surface area (Å²) in [5.41, 5.74) is 5.04. The lowest BCUT2D eigenvalue weighted by Gasteiger charge is -2.04. The molecule has 0 aliphatic heterocycles. The second kappa shape index (κ2) is 4.70. The second-order valence-corrected chi connectivity index (χ2v) is 4.56. The van der Waals surface area contributed by atoms with Crippen molar-refractivity contribution >= 4 is 28.5 Å². The van der Waals surface area contributed by atoms with Crippen LogP contribution in [0.25, 0.3) is 11.0 Å². The minimum Gasteiger partial charge on any atom is -0.309 e. The summed E-state index contributed by atoms with van der Waals surface area (Å²) in [6.45, 7) is 4.15. The highest BCUT2D eigenvalue weighted by Crippen LogP contribution is 2.21. The van der Waals surface area contributed by atoms with Crippen molar-refractivity contribution in [2.45, 2.75) is 33.1 Å². The monoisotopic (exact) mass is 233 g/mol. The molecule has 0 saturated carbocycles. The molecule has 0 bridgehead atoms. The Morgan fingerprint density at radius 3 is 2.81 bits per heavy atom. The van der Waals surface area contributed by atoms with E-state index in [1.54, 1.807) is 0 Å². The summed E-state index contributed by atoms with van der Waals surface area (Å²) < 4.78 is 8.62. The molecule has 4 heteroatoms. The minimum atomic E-state index is 0.704. The Labute approximate surface area is 99.3 Å². The highest BCUT2D eigenvalue weighted by Gasteiger charge is 2.09. The van der Waals surface area contributed by atoms with Gasteiger partial charge >= 0.3 is 0 Å². The van der Waals surface area contributed by atoms with E-state index in [4.69, 9.17) is 5.41 Å². The largest absolute Gasteiger partial charge is 0.309 e. The van der Waals surface area contributed by atoms with Gasteiger partial charge in [0, 0.05) is 12.1 Å². The van der Waals surface area contributed by atoms with Crippen molar-refractivity contribution in [2.75, 3.05) is 0 Å². The minimum absolute atomic E-state index is 0.704. The van der Waals surface area contributed by atoms with Crippen molar-refractivity contribution in [2.24, 2.45) is 0 Å². The number of aryl methyl sites for hydroxylation is 1. The molecule has 0 saturated heterocycles. The van der Waals surface area contributed by atoms with E-state index in [-0.39, 0.29) is 0 Å². The molecule has 0 aliphatic carbocycles. The van der Waals surface area contributed by atoms with Gasteiger partial charge in [0.1, 0.15) is 11.0 Å². The van der Waals surface area contributed by atoms with Crippen molar-refractivity contribution in [1.82, 2.24) is 8.75 Å². The topological polar surface area (TPSA) is 49.6 Å². The van der Waals surface area contributed by atoms with Gasteiger partial charge in [-0.3, -0.25) is 0 Å². The molecule has 2 aromatic rings. The summed E-state index contributed by atoms with van der Waals surface area (Å²) in [4.78, 5) is 0. The highest BCUT2D eigenvalue weighted by molar-refractivity contribution is 7.00. The number of rotatable bonds is 4. The number of benzene rings is 1. The van der Waals surface area contributed by atoms with Crippen molar-refractivity contribution in [3.05, 3.63) is 23.3 Å². The normalized spacial score (nSPS) is 10.9. The Morgan fingerprint density at radius 1 is 1.31 bits per heavy atom. The van der Waals surface area contributed by atoms with E-state index in [0.29, 0.717) is 6.42 Å². The zero-order valence-corrected chi connectivity index (χ0v) is 10.4. The molecule has 2 rings (SSSR count). The zero-order chi connectivity index (χ0) is 11.5. The van der Waals surface area contributed by atoms with Crippen LogP contribution in [0.2, 0.25) is 0 Å². The summed E-state index contributed by atoms with van der Waals surface area (Å²) in [5, 5.41) is 7.86. The third kappa shape index (κ3) is 2.11.